The van der Waals surface area contributed by atoms with Crippen LogP contribution in [0.3, 0.4) is 0 Å². The summed E-state index contributed by atoms with van der Waals surface area (Å²) in [6, 6.07) is 0. The van der Waals surface area contributed by atoms with Gasteiger partial charge in [-0.15, -0.1) is 0 Å². The number of ether oxygens (including phenoxy) is 2. The molecule has 0 radical (unpaired) electrons. The second kappa shape index (κ2) is 8.53. The fourth-order valence-corrected chi connectivity index (χ4v) is 0.568. The normalized spacial score (nSPS) is 9.14. The molecule has 0 spiro atoms. The topological polar surface area (TPSA) is 52.6 Å². The van der Waals surface area contributed by atoms with Crippen molar-refractivity contribution in [2.45, 2.75) is 40.7 Å². The van der Waals surface area contributed by atoms with Crippen LogP contribution < -0.4 is 0 Å². The number of hydrogen-bond donors (Lipinski definition) is 0. The van der Waals surface area contributed by atoms with Crippen LogP contribution >= 0.6 is 0 Å². The van der Waals surface area contributed by atoms with E-state index in [9.17, 15) is 9.59 Å². The Labute approximate surface area is 85.6 Å². The van der Waals surface area contributed by atoms with E-state index in [4.69, 9.17) is 0 Å². The molecule has 0 aliphatic rings. The summed E-state index contributed by atoms with van der Waals surface area (Å²) in [7, 11) is 1.39. The van der Waals surface area contributed by atoms with E-state index in [-0.39, 0.29) is 24.0 Å². The lowest BCUT2D eigenvalue weighted by Crippen LogP contribution is -2.07. The Morgan fingerprint density at radius 3 is 1.50 bits per heavy atom. The molecule has 0 aromatic heterocycles. The quantitative estimate of drug-likeness (QED) is 0.643. The number of hydrogen-bond acceptors (Lipinski definition) is 4. The molecule has 0 N–H and O–H groups in total. The smallest absolute Gasteiger partial charge is 0.308 e. The molecule has 0 unspecified atom stereocenters. The number of carbonyl (C=O) groups is 2. The van der Waals surface area contributed by atoms with Gasteiger partial charge in [-0.05, 0) is 13.8 Å². The fraction of sp³-hybridized carbons (Fsp3) is 0.800. The van der Waals surface area contributed by atoms with Crippen molar-refractivity contribution in [1.82, 2.24) is 0 Å². The zero-order valence-electron chi connectivity index (χ0n) is 9.79. The van der Waals surface area contributed by atoms with Gasteiger partial charge >= 0.3 is 11.9 Å². The fourth-order valence-electron chi connectivity index (χ4n) is 0.568. The van der Waals surface area contributed by atoms with Crippen LogP contribution in [0, 0.1) is 5.92 Å². The monoisotopic (exact) mass is 204 g/mol. The summed E-state index contributed by atoms with van der Waals surface area (Å²) in [6.45, 7) is 8.64. The second-order valence-electron chi connectivity index (χ2n) is 3.34. The molecule has 0 fully saturated rings. The molecule has 0 saturated carbocycles. The van der Waals surface area contributed by atoms with Crippen molar-refractivity contribution in [2.75, 3.05) is 7.11 Å². The summed E-state index contributed by atoms with van der Waals surface area (Å²) in [6.07, 6.45) is 0.0255. The van der Waals surface area contributed by atoms with E-state index >= 15 is 0 Å². The summed E-state index contributed by atoms with van der Waals surface area (Å²) in [4.78, 5) is 20.3. The van der Waals surface area contributed by atoms with Gasteiger partial charge in [0.1, 0.15) is 0 Å². The van der Waals surface area contributed by atoms with Crippen molar-refractivity contribution in [3.05, 3.63) is 0 Å². The third-order valence-corrected chi connectivity index (χ3v) is 1.07. The SMILES string of the molecule is CC(=O)OC(C)C.COC(=O)C(C)C. The highest BCUT2D eigenvalue weighted by atomic mass is 16.5. The zero-order chi connectivity index (χ0) is 11.7. The molecule has 4 heteroatoms. The standard InChI is InChI=1S/2C5H10O2/c1-4(2)5(6)7-3;1-4(2)7-5(3)6/h2*4H,1-3H3. The first-order valence-corrected chi connectivity index (χ1v) is 4.56. The van der Waals surface area contributed by atoms with E-state index in [0.29, 0.717) is 0 Å². The molecular formula is C10H20O4. The molecule has 0 aliphatic carbocycles. The van der Waals surface area contributed by atoms with Gasteiger partial charge in [-0.2, -0.15) is 0 Å². The third-order valence-electron chi connectivity index (χ3n) is 1.07. The Morgan fingerprint density at radius 1 is 1.07 bits per heavy atom. The molecule has 0 rings (SSSR count). The molecular weight excluding hydrogens is 184 g/mol. The minimum Gasteiger partial charge on any atom is -0.469 e. The van der Waals surface area contributed by atoms with E-state index in [2.05, 4.69) is 9.47 Å². The summed E-state index contributed by atoms with van der Waals surface area (Å²) in [5.41, 5.74) is 0. The number of esters is 2. The summed E-state index contributed by atoms with van der Waals surface area (Å²) in [5.74, 6) is -0.361. The van der Waals surface area contributed by atoms with Gasteiger partial charge in [0, 0.05) is 6.92 Å². The Kier molecular flexibility index (Phi) is 9.40. The van der Waals surface area contributed by atoms with Crippen molar-refractivity contribution in [3.63, 3.8) is 0 Å². The average molecular weight is 204 g/mol. The van der Waals surface area contributed by atoms with Gasteiger partial charge in [-0.25, -0.2) is 0 Å². The van der Waals surface area contributed by atoms with Crippen LogP contribution in [0.1, 0.15) is 34.6 Å². The maximum absolute atomic E-state index is 10.3. The van der Waals surface area contributed by atoms with Crippen molar-refractivity contribution in [3.8, 4) is 0 Å². The lowest BCUT2D eigenvalue weighted by atomic mass is 10.2. The van der Waals surface area contributed by atoms with Crippen molar-refractivity contribution < 1.29 is 19.1 Å². The highest BCUT2D eigenvalue weighted by Crippen LogP contribution is 1.91. The maximum atomic E-state index is 10.3. The number of methoxy groups -OCH3 is 1. The van der Waals surface area contributed by atoms with E-state index in [1.54, 1.807) is 13.8 Å². The Balaban J connectivity index is 0. The largest absolute Gasteiger partial charge is 0.469 e. The summed E-state index contributed by atoms with van der Waals surface area (Å²) >= 11 is 0. The Bertz CT molecular complexity index is 173. The van der Waals surface area contributed by atoms with E-state index < -0.39 is 0 Å². The number of rotatable bonds is 2. The van der Waals surface area contributed by atoms with Crippen LogP contribution in [0.5, 0.6) is 0 Å². The predicted octanol–water partition coefficient (Wildman–Crippen LogP) is 1.77. The van der Waals surface area contributed by atoms with Crippen molar-refractivity contribution in [1.29, 1.82) is 0 Å². The van der Waals surface area contributed by atoms with Crippen LogP contribution in [0.25, 0.3) is 0 Å². The minimum absolute atomic E-state index is 0.00463. The Morgan fingerprint density at radius 2 is 1.50 bits per heavy atom. The van der Waals surface area contributed by atoms with Gasteiger partial charge in [0.05, 0.1) is 19.1 Å². The van der Waals surface area contributed by atoms with Gasteiger partial charge < -0.3 is 9.47 Å². The minimum atomic E-state index is -0.213. The lowest BCUT2D eigenvalue weighted by molar-refractivity contribution is -0.145. The van der Waals surface area contributed by atoms with E-state index in [1.165, 1.54) is 14.0 Å². The molecule has 0 aromatic carbocycles. The first-order valence-electron chi connectivity index (χ1n) is 4.56. The van der Waals surface area contributed by atoms with Crippen molar-refractivity contribution in [2.24, 2.45) is 5.92 Å². The summed E-state index contributed by atoms with van der Waals surface area (Å²) < 4.78 is 8.98. The molecule has 0 heterocycles. The average Bonchev–Trinajstić information content (AvgIpc) is 2.01. The first-order chi connectivity index (χ1) is 6.31. The lowest BCUT2D eigenvalue weighted by Gasteiger charge is -2.01. The highest BCUT2D eigenvalue weighted by Gasteiger charge is 2.03. The zero-order valence-corrected chi connectivity index (χ0v) is 9.79. The van der Waals surface area contributed by atoms with Crippen LogP contribution in [-0.4, -0.2) is 25.2 Å². The highest BCUT2D eigenvalue weighted by molar-refractivity contribution is 5.71. The van der Waals surface area contributed by atoms with E-state index in [0.717, 1.165) is 0 Å². The van der Waals surface area contributed by atoms with E-state index in [1.807, 2.05) is 13.8 Å². The van der Waals surface area contributed by atoms with Gasteiger partial charge in [-0.3, -0.25) is 9.59 Å². The molecule has 4 nitrogen and oxygen atoms in total. The van der Waals surface area contributed by atoms with Gasteiger partial charge in [0.15, 0.2) is 0 Å². The molecule has 0 aliphatic heterocycles. The van der Waals surface area contributed by atoms with Crippen LogP contribution in [0.15, 0.2) is 0 Å². The molecule has 0 atom stereocenters. The third kappa shape index (κ3) is 13.5. The molecule has 0 saturated heterocycles. The molecule has 0 bridgehead atoms. The van der Waals surface area contributed by atoms with Crippen molar-refractivity contribution >= 4 is 11.9 Å². The van der Waals surface area contributed by atoms with Crippen LogP contribution in [0.4, 0.5) is 0 Å². The molecule has 84 valence electrons. The number of carbonyl (C=O) groups excluding carboxylic acids is 2. The van der Waals surface area contributed by atoms with Crippen LogP contribution in [0.2, 0.25) is 0 Å². The van der Waals surface area contributed by atoms with Gasteiger partial charge in [0.25, 0.3) is 0 Å². The second-order valence-corrected chi connectivity index (χ2v) is 3.34. The maximum Gasteiger partial charge on any atom is 0.308 e. The predicted molar refractivity (Wildman–Crippen MR) is 53.8 cm³/mol. The summed E-state index contributed by atoms with van der Waals surface area (Å²) in [5, 5.41) is 0. The van der Waals surface area contributed by atoms with Crippen LogP contribution in [-0.2, 0) is 19.1 Å². The Hall–Kier alpha value is -1.06. The molecule has 0 amide bonds. The molecule has 14 heavy (non-hydrogen) atoms. The van der Waals surface area contributed by atoms with Gasteiger partial charge in [0.2, 0.25) is 0 Å². The first kappa shape index (κ1) is 15.4. The molecule has 0 aromatic rings. The van der Waals surface area contributed by atoms with Gasteiger partial charge in [-0.1, -0.05) is 13.8 Å².